The van der Waals surface area contributed by atoms with Gasteiger partial charge in [-0.05, 0) is 49.0 Å². The number of nitrogens with one attached hydrogen (secondary N) is 1. The number of carbonyl (C=O) groups excluding carboxylic acids is 2. The lowest BCUT2D eigenvalue weighted by Gasteiger charge is -2.15. The van der Waals surface area contributed by atoms with Crippen molar-refractivity contribution in [1.82, 2.24) is 10.4 Å². The van der Waals surface area contributed by atoms with Gasteiger partial charge >= 0.3 is 0 Å². The van der Waals surface area contributed by atoms with Crippen LogP contribution in [0.5, 0.6) is 11.5 Å². The number of thiocarbonyl (C=S) groups is 1. The largest absolute Gasteiger partial charge is 0.493 e. The topological polar surface area (TPSA) is 111 Å². The molecule has 1 aliphatic rings. The Balaban J connectivity index is 1.81. The molecule has 1 fully saturated rings. The second-order valence-corrected chi connectivity index (χ2v) is 7.75. The number of thioether (sulfide) groups is 1. The normalized spacial score (nSPS) is 14.6. The summed E-state index contributed by atoms with van der Waals surface area (Å²) >= 11 is 6.20. The minimum absolute atomic E-state index is 0.0982. The summed E-state index contributed by atoms with van der Waals surface area (Å²) < 4.78 is 10.9. The van der Waals surface area contributed by atoms with Gasteiger partial charge in [0.25, 0.3) is 17.5 Å². The lowest BCUT2D eigenvalue weighted by atomic mass is 10.1. The van der Waals surface area contributed by atoms with Crippen LogP contribution in [0.2, 0.25) is 0 Å². The summed E-state index contributed by atoms with van der Waals surface area (Å²) in [5.41, 5.74) is 2.47. The number of hydrogen-bond acceptors (Lipinski definition) is 8. The second-order valence-electron chi connectivity index (χ2n) is 6.08. The van der Waals surface area contributed by atoms with Crippen LogP contribution in [-0.2, 0) is 4.79 Å². The maximum Gasteiger partial charge on any atom is 0.285 e. The average Bonchev–Trinajstić information content (AvgIpc) is 3.02. The molecule has 0 aliphatic carbocycles. The zero-order chi connectivity index (χ0) is 22.5. The van der Waals surface area contributed by atoms with E-state index in [1.54, 1.807) is 24.3 Å². The van der Waals surface area contributed by atoms with Gasteiger partial charge in [-0.3, -0.25) is 25.1 Å². The molecule has 0 unspecified atom stereocenters. The van der Waals surface area contributed by atoms with E-state index in [9.17, 15) is 19.7 Å². The van der Waals surface area contributed by atoms with E-state index in [0.717, 1.165) is 16.8 Å². The molecule has 1 aliphatic heterocycles. The van der Waals surface area contributed by atoms with E-state index in [1.165, 1.54) is 31.4 Å². The minimum Gasteiger partial charge on any atom is -0.493 e. The highest BCUT2D eigenvalue weighted by molar-refractivity contribution is 8.26. The highest BCUT2D eigenvalue weighted by Crippen LogP contribution is 2.34. The molecular formula is C20H17N3O6S2. The molecule has 160 valence electrons. The highest BCUT2D eigenvalue weighted by atomic mass is 32.2. The van der Waals surface area contributed by atoms with Gasteiger partial charge in [-0.15, -0.1) is 0 Å². The van der Waals surface area contributed by atoms with Crippen molar-refractivity contribution in [2.24, 2.45) is 0 Å². The predicted molar refractivity (Wildman–Crippen MR) is 120 cm³/mol. The fraction of sp³-hybridized carbons (Fsp3) is 0.150. The van der Waals surface area contributed by atoms with Crippen LogP contribution in [0, 0.1) is 10.1 Å². The maximum absolute atomic E-state index is 12.8. The van der Waals surface area contributed by atoms with Crippen LogP contribution < -0.4 is 14.9 Å². The Kier molecular flexibility index (Phi) is 6.88. The number of para-hydroxylation sites is 1. The van der Waals surface area contributed by atoms with E-state index >= 15 is 0 Å². The third-order valence-corrected chi connectivity index (χ3v) is 5.44. The number of nitrogens with zero attached hydrogens (tertiary/aromatic N) is 2. The van der Waals surface area contributed by atoms with Crippen molar-refractivity contribution in [3.05, 3.63) is 68.6 Å². The fourth-order valence-electron chi connectivity index (χ4n) is 2.75. The Morgan fingerprint density at radius 2 is 2.03 bits per heavy atom. The first-order valence-corrected chi connectivity index (χ1v) is 10.2. The lowest BCUT2D eigenvalue weighted by molar-refractivity contribution is -0.385. The van der Waals surface area contributed by atoms with Gasteiger partial charge in [0.15, 0.2) is 15.8 Å². The van der Waals surface area contributed by atoms with Gasteiger partial charge in [-0.2, -0.15) is 5.01 Å². The first-order chi connectivity index (χ1) is 14.8. The first-order valence-electron chi connectivity index (χ1n) is 8.99. The molecular weight excluding hydrogens is 442 g/mol. The van der Waals surface area contributed by atoms with Crippen LogP contribution in [-0.4, -0.2) is 39.8 Å². The molecule has 31 heavy (non-hydrogen) atoms. The van der Waals surface area contributed by atoms with E-state index in [0.29, 0.717) is 23.7 Å². The number of carbonyl (C=O) groups is 2. The number of nitro benzene ring substituents is 1. The Hall–Kier alpha value is -3.44. The summed E-state index contributed by atoms with van der Waals surface area (Å²) in [6, 6.07) is 10.6. The van der Waals surface area contributed by atoms with Crippen molar-refractivity contribution >= 4 is 51.9 Å². The second kappa shape index (κ2) is 9.58. The zero-order valence-electron chi connectivity index (χ0n) is 16.5. The van der Waals surface area contributed by atoms with Crippen LogP contribution in [0.25, 0.3) is 6.08 Å². The number of benzene rings is 2. The van der Waals surface area contributed by atoms with E-state index in [4.69, 9.17) is 21.7 Å². The summed E-state index contributed by atoms with van der Waals surface area (Å²) in [6.07, 6.45) is 1.61. The van der Waals surface area contributed by atoms with Crippen molar-refractivity contribution in [3.63, 3.8) is 0 Å². The van der Waals surface area contributed by atoms with Gasteiger partial charge in [-0.1, -0.05) is 30.0 Å². The Morgan fingerprint density at radius 3 is 2.71 bits per heavy atom. The van der Waals surface area contributed by atoms with Crippen molar-refractivity contribution < 1.29 is 24.0 Å². The molecule has 2 aromatic carbocycles. The number of hydrazine groups is 1. The molecule has 9 nitrogen and oxygen atoms in total. The van der Waals surface area contributed by atoms with Crippen molar-refractivity contribution in [2.45, 2.75) is 6.92 Å². The standard InChI is InChI=1S/C20H17N3O6S2/c1-3-29-15-9-8-12(10-16(15)28-2)11-17-19(25)22(20(30)31-17)21-18(24)13-6-4-5-7-14(13)23(26)27/h4-11H,3H2,1-2H3,(H,21,24). The molecule has 2 aromatic rings. The molecule has 0 saturated carbocycles. The van der Waals surface area contributed by atoms with Crippen LogP contribution in [0.1, 0.15) is 22.8 Å². The number of nitro groups is 1. The molecule has 1 N–H and O–H groups in total. The van der Waals surface area contributed by atoms with Crippen LogP contribution in [0.4, 0.5) is 5.69 Å². The monoisotopic (exact) mass is 459 g/mol. The molecule has 0 aromatic heterocycles. The molecule has 0 atom stereocenters. The van der Waals surface area contributed by atoms with Crippen LogP contribution >= 0.6 is 24.0 Å². The maximum atomic E-state index is 12.8. The minimum atomic E-state index is -0.812. The first kappa shape index (κ1) is 22.2. The third kappa shape index (κ3) is 4.84. The third-order valence-electron chi connectivity index (χ3n) is 4.14. The average molecular weight is 460 g/mol. The fourth-order valence-corrected chi connectivity index (χ4v) is 3.93. The number of ether oxygens (including phenoxy) is 2. The number of hydrogen-bond donors (Lipinski definition) is 1. The molecule has 0 spiro atoms. The van der Waals surface area contributed by atoms with Gasteiger partial charge in [0.2, 0.25) is 0 Å². The summed E-state index contributed by atoms with van der Waals surface area (Å²) in [5, 5.41) is 12.1. The number of methoxy groups -OCH3 is 1. The number of rotatable bonds is 7. The summed E-state index contributed by atoms with van der Waals surface area (Å²) in [5.74, 6) is -0.274. The van der Waals surface area contributed by atoms with E-state index < -0.39 is 16.7 Å². The van der Waals surface area contributed by atoms with Gasteiger partial charge in [0.1, 0.15) is 5.56 Å². The van der Waals surface area contributed by atoms with Crippen molar-refractivity contribution in [2.75, 3.05) is 13.7 Å². The van der Waals surface area contributed by atoms with Gasteiger partial charge < -0.3 is 9.47 Å². The van der Waals surface area contributed by atoms with Crippen LogP contribution in [0.15, 0.2) is 47.4 Å². The number of amides is 2. The molecule has 0 bridgehead atoms. The molecule has 0 radical (unpaired) electrons. The summed E-state index contributed by atoms with van der Waals surface area (Å²) in [7, 11) is 1.51. The smallest absolute Gasteiger partial charge is 0.285 e. The molecule has 1 heterocycles. The Labute approximate surface area is 187 Å². The Bertz CT molecular complexity index is 1100. The van der Waals surface area contributed by atoms with Gasteiger partial charge in [-0.25, -0.2) is 0 Å². The van der Waals surface area contributed by atoms with E-state index in [2.05, 4.69) is 5.43 Å². The summed E-state index contributed by atoms with van der Waals surface area (Å²) in [4.78, 5) is 36.1. The quantitative estimate of drug-likeness (QED) is 0.290. The van der Waals surface area contributed by atoms with Gasteiger partial charge in [0.05, 0.1) is 23.5 Å². The Morgan fingerprint density at radius 1 is 1.29 bits per heavy atom. The molecule has 2 amide bonds. The molecule has 11 heteroatoms. The highest BCUT2D eigenvalue weighted by Gasteiger charge is 2.34. The summed E-state index contributed by atoms with van der Waals surface area (Å²) in [6.45, 7) is 2.34. The van der Waals surface area contributed by atoms with Crippen LogP contribution in [0.3, 0.4) is 0 Å². The van der Waals surface area contributed by atoms with E-state index in [-0.39, 0.29) is 20.5 Å². The predicted octanol–water partition coefficient (Wildman–Crippen LogP) is 3.55. The lowest BCUT2D eigenvalue weighted by Crippen LogP contribution is -2.45. The van der Waals surface area contributed by atoms with Crippen molar-refractivity contribution in [1.29, 1.82) is 0 Å². The zero-order valence-corrected chi connectivity index (χ0v) is 18.1. The molecule has 3 rings (SSSR count). The van der Waals surface area contributed by atoms with E-state index in [1.807, 2.05) is 6.92 Å². The SMILES string of the molecule is CCOc1ccc(C=C2SC(=S)N(NC(=O)c3ccccc3[N+](=O)[O-])C2=O)cc1OC. The molecule has 1 saturated heterocycles. The van der Waals surface area contributed by atoms with Crippen molar-refractivity contribution in [3.8, 4) is 11.5 Å². The van der Waals surface area contributed by atoms with Gasteiger partial charge in [0, 0.05) is 6.07 Å².